The summed E-state index contributed by atoms with van der Waals surface area (Å²) in [6.45, 7) is 1.93. The Kier molecular flexibility index (Phi) is 6.06. The molecule has 0 bridgehead atoms. The van der Waals surface area contributed by atoms with E-state index in [0.717, 1.165) is 5.56 Å². The topological polar surface area (TPSA) is 52.6 Å². The van der Waals surface area contributed by atoms with Gasteiger partial charge in [-0.15, -0.1) is 0 Å². The van der Waals surface area contributed by atoms with Crippen LogP contribution in [0.5, 0.6) is 0 Å². The minimum Gasteiger partial charge on any atom is -0.465 e. The maximum atomic E-state index is 12.9. The fraction of sp³-hybridized carbons (Fsp3) is 0.263. The molecule has 0 amide bonds. The van der Waals surface area contributed by atoms with Crippen LogP contribution >= 0.6 is 0 Å². The van der Waals surface area contributed by atoms with Gasteiger partial charge in [0.05, 0.1) is 6.61 Å². The Labute approximate surface area is 136 Å². The molecular weight excluding hydrogens is 292 g/mol. The van der Waals surface area contributed by atoms with Crippen LogP contribution in [-0.4, -0.2) is 25.5 Å². The molecule has 4 nitrogen and oxygen atoms in total. The number of rotatable bonds is 7. The first-order valence-corrected chi connectivity index (χ1v) is 7.52. The Morgan fingerprint density at radius 1 is 0.957 bits per heavy atom. The minimum absolute atomic E-state index is 0.211. The molecule has 0 saturated heterocycles. The fourth-order valence-electron chi connectivity index (χ4n) is 2.49. The van der Waals surface area contributed by atoms with Crippen LogP contribution in [-0.2, 0) is 14.3 Å². The molecule has 0 aliphatic heterocycles. The molecule has 2 rings (SSSR count). The predicted molar refractivity (Wildman–Crippen MR) is 87.1 cm³/mol. The summed E-state index contributed by atoms with van der Waals surface area (Å²) in [5, 5.41) is 0. The van der Waals surface area contributed by atoms with Crippen molar-refractivity contribution in [1.29, 1.82) is 0 Å². The van der Waals surface area contributed by atoms with Gasteiger partial charge in [-0.25, -0.2) is 0 Å². The van der Waals surface area contributed by atoms with E-state index in [1.54, 1.807) is 31.2 Å². The summed E-state index contributed by atoms with van der Waals surface area (Å²) < 4.78 is 10.6. The van der Waals surface area contributed by atoms with Gasteiger partial charge in [-0.3, -0.25) is 9.59 Å². The lowest BCUT2D eigenvalue weighted by Crippen LogP contribution is -2.33. The van der Waals surface area contributed by atoms with Gasteiger partial charge in [-0.05, 0) is 12.5 Å². The third-order valence-corrected chi connectivity index (χ3v) is 3.57. The molecule has 23 heavy (non-hydrogen) atoms. The van der Waals surface area contributed by atoms with Crippen LogP contribution in [0.3, 0.4) is 0 Å². The number of esters is 1. The second kappa shape index (κ2) is 8.25. The van der Waals surface area contributed by atoms with Crippen molar-refractivity contribution in [3.05, 3.63) is 71.8 Å². The van der Waals surface area contributed by atoms with Gasteiger partial charge in [0.15, 0.2) is 11.7 Å². The number of ether oxygens (including phenoxy) is 2. The lowest BCUT2D eigenvalue weighted by molar-refractivity contribution is -0.150. The van der Waals surface area contributed by atoms with E-state index in [-0.39, 0.29) is 12.4 Å². The molecule has 0 aliphatic carbocycles. The minimum atomic E-state index is -1.04. The molecule has 0 saturated carbocycles. The van der Waals surface area contributed by atoms with Crippen LogP contribution < -0.4 is 0 Å². The highest BCUT2D eigenvalue weighted by Gasteiger charge is 2.37. The van der Waals surface area contributed by atoms with Crippen LogP contribution in [0.25, 0.3) is 0 Å². The van der Waals surface area contributed by atoms with Gasteiger partial charge >= 0.3 is 5.97 Å². The van der Waals surface area contributed by atoms with Crippen LogP contribution in [0.15, 0.2) is 60.7 Å². The highest BCUT2D eigenvalue weighted by Crippen LogP contribution is 2.29. The van der Waals surface area contributed by atoms with Crippen LogP contribution in [0.1, 0.15) is 28.9 Å². The van der Waals surface area contributed by atoms with E-state index in [1.165, 1.54) is 7.11 Å². The molecule has 2 aromatic rings. The summed E-state index contributed by atoms with van der Waals surface area (Å²) in [7, 11) is 1.49. The quantitative estimate of drug-likeness (QED) is 0.446. The number of carbonyl (C=O) groups is 2. The smallest absolute Gasteiger partial charge is 0.319 e. The Morgan fingerprint density at radius 2 is 1.52 bits per heavy atom. The first-order valence-electron chi connectivity index (χ1n) is 7.52. The van der Waals surface area contributed by atoms with E-state index >= 15 is 0 Å². The van der Waals surface area contributed by atoms with Gasteiger partial charge in [0.2, 0.25) is 0 Å². The van der Waals surface area contributed by atoms with E-state index in [1.807, 2.05) is 36.4 Å². The third-order valence-electron chi connectivity index (χ3n) is 3.57. The maximum Gasteiger partial charge on any atom is 0.319 e. The molecule has 0 aliphatic rings. The average Bonchev–Trinajstić information content (AvgIpc) is 2.60. The Hall–Kier alpha value is -2.46. The summed E-state index contributed by atoms with van der Waals surface area (Å²) in [6.07, 6.45) is -0.692. The monoisotopic (exact) mass is 312 g/mol. The van der Waals surface area contributed by atoms with Crippen LogP contribution in [0.4, 0.5) is 0 Å². The molecule has 0 spiro atoms. The van der Waals surface area contributed by atoms with Crippen LogP contribution in [0, 0.1) is 5.92 Å². The molecular formula is C19H20O4. The molecule has 0 fully saturated rings. The molecule has 0 N–H and O–H groups in total. The number of hydrogen-bond donors (Lipinski definition) is 0. The largest absolute Gasteiger partial charge is 0.465 e. The molecule has 2 unspecified atom stereocenters. The number of Topliss-reactive ketones (excluding diaryl/α,β-unsaturated/α-hetero) is 1. The Balaban J connectivity index is 2.41. The van der Waals surface area contributed by atoms with E-state index in [0.29, 0.717) is 5.56 Å². The Morgan fingerprint density at radius 3 is 2.04 bits per heavy atom. The van der Waals surface area contributed by atoms with Crippen molar-refractivity contribution < 1.29 is 19.1 Å². The van der Waals surface area contributed by atoms with E-state index < -0.39 is 18.0 Å². The summed E-state index contributed by atoms with van der Waals surface area (Å²) in [5.74, 6) is -1.92. The van der Waals surface area contributed by atoms with Gasteiger partial charge in [0.1, 0.15) is 6.10 Å². The fourth-order valence-corrected chi connectivity index (χ4v) is 2.49. The SMILES string of the molecule is CCOC(=O)C(C(=O)c1ccccc1)C(OC)c1ccccc1. The normalized spacial score (nSPS) is 13.1. The highest BCUT2D eigenvalue weighted by atomic mass is 16.5. The molecule has 120 valence electrons. The lowest BCUT2D eigenvalue weighted by atomic mass is 9.88. The number of benzene rings is 2. The second-order valence-electron chi connectivity index (χ2n) is 5.03. The maximum absolute atomic E-state index is 12.9. The van der Waals surface area contributed by atoms with Gasteiger partial charge in [-0.2, -0.15) is 0 Å². The lowest BCUT2D eigenvalue weighted by Gasteiger charge is -2.24. The van der Waals surface area contributed by atoms with Crippen LogP contribution in [0.2, 0.25) is 0 Å². The average molecular weight is 312 g/mol. The molecule has 0 radical (unpaired) electrons. The van der Waals surface area contributed by atoms with E-state index in [4.69, 9.17) is 9.47 Å². The number of carbonyl (C=O) groups excluding carboxylic acids is 2. The molecule has 0 heterocycles. The number of ketones is 1. The standard InChI is InChI=1S/C19H20O4/c1-3-23-19(21)16(17(20)14-10-6-4-7-11-14)18(22-2)15-12-8-5-9-13-15/h4-13,16,18H,3H2,1-2H3. The van der Waals surface area contributed by atoms with Gasteiger partial charge < -0.3 is 9.47 Å². The van der Waals surface area contributed by atoms with Crippen molar-refractivity contribution >= 4 is 11.8 Å². The van der Waals surface area contributed by atoms with Gasteiger partial charge in [-0.1, -0.05) is 60.7 Å². The highest BCUT2D eigenvalue weighted by molar-refractivity contribution is 6.09. The van der Waals surface area contributed by atoms with Crippen molar-refractivity contribution in [3.63, 3.8) is 0 Å². The van der Waals surface area contributed by atoms with Crippen molar-refractivity contribution in [1.82, 2.24) is 0 Å². The zero-order valence-electron chi connectivity index (χ0n) is 13.3. The molecule has 2 aromatic carbocycles. The van der Waals surface area contributed by atoms with Gasteiger partial charge in [0, 0.05) is 12.7 Å². The summed E-state index contributed by atoms with van der Waals surface area (Å²) in [6, 6.07) is 17.9. The van der Waals surface area contributed by atoms with E-state index in [2.05, 4.69) is 0 Å². The first kappa shape index (κ1) is 16.9. The molecule has 2 atom stereocenters. The molecule has 0 aromatic heterocycles. The first-order chi connectivity index (χ1) is 11.2. The second-order valence-corrected chi connectivity index (χ2v) is 5.03. The van der Waals surface area contributed by atoms with Gasteiger partial charge in [0.25, 0.3) is 0 Å². The van der Waals surface area contributed by atoms with Crippen molar-refractivity contribution in [2.24, 2.45) is 5.92 Å². The van der Waals surface area contributed by atoms with Crippen molar-refractivity contribution in [2.75, 3.05) is 13.7 Å². The van der Waals surface area contributed by atoms with Crippen molar-refractivity contribution in [3.8, 4) is 0 Å². The summed E-state index contributed by atoms with van der Waals surface area (Å²) in [4.78, 5) is 25.3. The van der Waals surface area contributed by atoms with Crippen molar-refractivity contribution in [2.45, 2.75) is 13.0 Å². The summed E-state index contributed by atoms with van der Waals surface area (Å²) >= 11 is 0. The number of hydrogen-bond acceptors (Lipinski definition) is 4. The Bertz CT molecular complexity index is 637. The third kappa shape index (κ3) is 4.05. The number of methoxy groups -OCH3 is 1. The van der Waals surface area contributed by atoms with E-state index in [9.17, 15) is 9.59 Å². The zero-order chi connectivity index (χ0) is 16.7. The molecule has 4 heteroatoms. The zero-order valence-corrected chi connectivity index (χ0v) is 13.3. The predicted octanol–water partition coefficient (Wildman–Crippen LogP) is 3.44. The summed E-state index contributed by atoms with van der Waals surface area (Å²) in [5.41, 5.74) is 1.22.